The fourth-order valence-corrected chi connectivity index (χ4v) is 9.11. The van der Waals surface area contributed by atoms with Gasteiger partial charge in [-0.25, -0.2) is 18.6 Å². The van der Waals surface area contributed by atoms with Crippen LogP contribution < -0.4 is 0 Å². The number of thioether (sulfide) groups is 1. The van der Waals surface area contributed by atoms with Gasteiger partial charge in [0.1, 0.15) is 16.4 Å². The molecule has 3 aliphatic heterocycles. The van der Waals surface area contributed by atoms with Crippen LogP contribution in [0.2, 0.25) is 5.02 Å². The quantitative estimate of drug-likeness (QED) is 0.199. The summed E-state index contributed by atoms with van der Waals surface area (Å²) in [4.78, 5) is 34.1. The molecule has 3 saturated heterocycles. The number of carboxylic acid groups (broad SMARTS) is 1. The molecule has 8 nitrogen and oxygen atoms in total. The van der Waals surface area contributed by atoms with Crippen LogP contribution in [-0.2, 0) is 11.2 Å². The lowest BCUT2D eigenvalue weighted by Gasteiger charge is -2.40. The molecule has 1 unspecified atom stereocenters. The van der Waals surface area contributed by atoms with E-state index in [2.05, 4.69) is 16.7 Å². The molecule has 2 aromatic carbocycles. The van der Waals surface area contributed by atoms with Crippen LogP contribution >= 0.6 is 23.4 Å². The average Bonchev–Trinajstić information content (AvgIpc) is 3.36. The second-order valence-electron chi connectivity index (χ2n) is 13.2. The molecule has 2 aromatic heterocycles. The minimum absolute atomic E-state index is 0.0601. The Labute approximate surface area is 279 Å². The van der Waals surface area contributed by atoms with Crippen molar-refractivity contribution in [2.75, 3.05) is 19.3 Å². The van der Waals surface area contributed by atoms with E-state index in [1.807, 2.05) is 17.2 Å². The molecule has 2 saturated carbocycles. The summed E-state index contributed by atoms with van der Waals surface area (Å²) in [5, 5.41) is 21.3. The molecule has 9 rings (SSSR count). The summed E-state index contributed by atoms with van der Waals surface area (Å²) in [6.07, 6.45) is 5.43. The first-order chi connectivity index (χ1) is 22.7. The summed E-state index contributed by atoms with van der Waals surface area (Å²) in [7, 11) is 0. The first-order valence-corrected chi connectivity index (χ1v) is 17.7. The molecule has 4 aromatic rings. The van der Waals surface area contributed by atoms with Crippen LogP contribution in [0, 0.1) is 34.8 Å². The fourth-order valence-electron chi connectivity index (χ4n) is 8.33. The van der Waals surface area contributed by atoms with Crippen molar-refractivity contribution < 1.29 is 23.5 Å². The summed E-state index contributed by atoms with van der Waals surface area (Å²) >= 11 is 7.79. The third kappa shape index (κ3) is 4.62. The molecule has 5 heterocycles. The standard InChI is InChI=1S/C35H32ClF2N5O3S/c1-47-33-22-15-25(24-8-4-12-41(24)34(44)17-9-10-17)43(31-19-14-26(31)42(16-19)35(45)46)32(22)21-13-18(5-3-11-39)27(29(38)30(21)40-33)20-6-2-7-23(37)28(20)36/h2,6-7,13,15,17,19,24,26,31H,3-5,8-10,12,14,16H2,1H3,(H,45,46)/t19-,24?,26-,31+/m1/s1. The molecule has 2 amide bonds. The molecule has 5 fully saturated rings. The molecule has 242 valence electrons. The smallest absolute Gasteiger partial charge is 0.407 e. The number of pyridine rings is 1. The Kier molecular flexibility index (Phi) is 7.37. The van der Waals surface area contributed by atoms with Crippen LogP contribution in [0.5, 0.6) is 0 Å². The predicted octanol–water partition coefficient (Wildman–Crippen LogP) is 7.96. The normalized spacial score (nSPS) is 23.5. The topological polar surface area (TPSA) is 102 Å². The van der Waals surface area contributed by atoms with Crippen LogP contribution in [0.15, 0.2) is 35.4 Å². The van der Waals surface area contributed by atoms with Gasteiger partial charge in [0.05, 0.1) is 34.7 Å². The highest BCUT2D eigenvalue weighted by Gasteiger charge is 2.56. The van der Waals surface area contributed by atoms with Gasteiger partial charge in [-0.3, -0.25) is 4.79 Å². The SMILES string of the molecule is CSc1nc2c(F)c(-c3cccc(F)c3Cl)c(CCC#N)cc2c2c1cc(C1CCCN1C(=O)C1CC1)n2[C@H]1[C@@H]2C[C@H]1N(C(=O)O)C2. The number of nitrogens with zero attached hydrogens (tertiary/aromatic N) is 5. The lowest BCUT2D eigenvalue weighted by Crippen LogP contribution is -2.43. The van der Waals surface area contributed by atoms with Crippen molar-refractivity contribution in [1.29, 1.82) is 5.26 Å². The first kappa shape index (κ1) is 30.5. The van der Waals surface area contributed by atoms with E-state index in [4.69, 9.17) is 16.6 Å². The van der Waals surface area contributed by atoms with Crippen molar-refractivity contribution >= 4 is 57.2 Å². The van der Waals surface area contributed by atoms with Crippen molar-refractivity contribution in [3.63, 3.8) is 0 Å². The molecule has 0 radical (unpaired) electrons. The van der Waals surface area contributed by atoms with Gasteiger partial charge in [0.2, 0.25) is 5.91 Å². The summed E-state index contributed by atoms with van der Waals surface area (Å²) in [6, 6.07) is 9.74. The van der Waals surface area contributed by atoms with Gasteiger partial charge < -0.3 is 19.5 Å². The highest BCUT2D eigenvalue weighted by molar-refractivity contribution is 7.98. The number of nitriles is 1. The number of carbonyl (C=O) groups is 2. The maximum Gasteiger partial charge on any atom is 0.407 e. The van der Waals surface area contributed by atoms with Crippen molar-refractivity contribution in [2.45, 2.75) is 68.1 Å². The number of hydrogen-bond acceptors (Lipinski definition) is 5. The van der Waals surface area contributed by atoms with Crippen molar-refractivity contribution in [2.24, 2.45) is 11.8 Å². The lowest BCUT2D eigenvalue weighted by atomic mass is 9.79. The Morgan fingerprint density at radius 1 is 1.17 bits per heavy atom. The van der Waals surface area contributed by atoms with Gasteiger partial charge in [-0.05, 0) is 68.5 Å². The number of rotatable bonds is 7. The van der Waals surface area contributed by atoms with E-state index >= 15 is 4.39 Å². The fraction of sp³-hybridized carbons (Fsp3) is 0.429. The Morgan fingerprint density at radius 2 is 1.98 bits per heavy atom. The van der Waals surface area contributed by atoms with E-state index in [-0.39, 0.29) is 70.4 Å². The number of halogens is 3. The molecule has 12 heteroatoms. The van der Waals surface area contributed by atoms with Crippen molar-refractivity contribution in [1.82, 2.24) is 19.4 Å². The number of aryl methyl sites for hydroxylation is 1. The monoisotopic (exact) mass is 675 g/mol. The van der Waals surface area contributed by atoms with Gasteiger partial charge in [0, 0.05) is 58.9 Å². The third-order valence-corrected chi connectivity index (χ3v) is 11.7. The third-order valence-electron chi connectivity index (χ3n) is 10.6. The second-order valence-corrected chi connectivity index (χ2v) is 14.3. The maximum atomic E-state index is 17.0. The highest BCUT2D eigenvalue weighted by Crippen LogP contribution is 2.54. The van der Waals surface area contributed by atoms with Crippen LogP contribution in [0.4, 0.5) is 13.6 Å². The van der Waals surface area contributed by atoms with Crippen LogP contribution in [0.25, 0.3) is 32.9 Å². The maximum absolute atomic E-state index is 17.0. The Balaban J connectivity index is 1.43. The molecule has 1 N–H and O–H groups in total. The minimum atomic E-state index is -0.956. The number of aromatic nitrogens is 2. The molecule has 2 aliphatic carbocycles. The van der Waals surface area contributed by atoms with Gasteiger partial charge in [0.25, 0.3) is 0 Å². The summed E-state index contributed by atoms with van der Waals surface area (Å²) in [5.74, 6) is -1.02. The number of fused-ring (bicyclic) bond motifs is 4. The van der Waals surface area contributed by atoms with Crippen LogP contribution in [0.3, 0.4) is 0 Å². The molecular formula is C35H32ClF2N5O3S. The van der Waals surface area contributed by atoms with Gasteiger partial charge in [-0.2, -0.15) is 5.26 Å². The van der Waals surface area contributed by atoms with Gasteiger partial charge in [-0.1, -0.05) is 23.7 Å². The van der Waals surface area contributed by atoms with Crippen molar-refractivity contribution in [3.05, 3.63) is 58.2 Å². The molecule has 4 atom stereocenters. The lowest BCUT2D eigenvalue weighted by molar-refractivity contribution is -0.133. The number of benzene rings is 2. The van der Waals surface area contributed by atoms with E-state index in [1.165, 1.54) is 28.8 Å². The molecule has 2 bridgehead atoms. The Morgan fingerprint density at radius 3 is 2.68 bits per heavy atom. The molecule has 5 aliphatic rings. The second kappa shape index (κ2) is 11.4. The molecule has 0 spiro atoms. The Hall–Kier alpha value is -3.88. The molecule has 47 heavy (non-hydrogen) atoms. The summed E-state index contributed by atoms with van der Waals surface area (Å²) in [5.41, 5.74) is 2.60. The van der Waals surface area contributed by atoms with Crippen molar-refractivity contribution in [3.8, 4) is 17.2 Å². The number of hydrogen-bond donors (Lipinski definition) is 1. The number of likely N-dealkylation sites (tertiary alicyclic amines) is 1. The summed E-state index contributed by atoms with van der Waals surface area (Å²) < 4.78 is 33.9. The number of carbonyl (C=O) groups excluding carboxylic acids is 1. The van der Waals surface area contributed by atoms with E-state index in [0.29, 0.717) is 29.1 Å². The zero-order chi connectivity index (χ0) is 32.7. The van der Waals surface area contributed by atoms with Crippen LogP contribution in [-0.4, -0.2) is 61.8 Å². The zero-order valence-corrected chi connectivity index (χ0v) is 27.3. The zero-order valence-electron chi connectivity index (χ0n) is 25.7. The highest BCUT2D eigenvalue weighted by atomic mass is 35.5. The Bertz CT molecular complexity index is 2040. The number of amides is 2. The largest absolute Gasteiger partial charge is 0.465 e. The van der Waals surface area contributed by atoms with Gasteiger partial charge >= 0.3 is 6.09 Å². The predicted molar refractivity (Wildman–Crippen MR) is 175 cm³/mol. The minimum Gasteiger partial charge on any atom is -0.465 e. The first-order valence-electron chi connectivity index (χ1n) is 16.1. The van der Waals surface area contributed by atoms with E-state index in [0.717, 1.165) is 48.7 Å². The average molecular weight is 676 g/mol. The van der Waals surface area contributed by atoms with Gasteiger partial charge in [-0.15, -0.1) is 11.8 Å². The molecular weight excluding hydrogens is 644 g/mol. The van der Waals surface area contributed by atoms with E-state index < -0.39 is 17.7 Å². The van der Waals surface area contributed by atoms with Gasteiger partial charge in [0.15, 0.2) is 5.82 Å². The van der Waals surface area contributed by atoms with E-state index in [1.54, 1.807) is 6.07 Å². The summed E-state index contributed by atoms with van der Waals surface area (Å²) in [6.45, 7) is 1.08. The van der Waals surface area contributed by atoms with Crippen LogP contribution in [0.1, 0.15) is 61.9 Å². The van der Waals surface area contributed by atoms with E-state index in [9.17, 15) is 24.3 Å².